The minimum Gasteiger partial charge on any atom is -0.205 e. The third kappa shape index (κ3) is 1.68. The Morgan fingerprint density at radius 3 is 1.69 bits per heavy atom. The average molecular weight is 243 g/mol. The second-order valence-corrected chi connectivity index (χ2v) is 2.62. The van der Waals surface area contributed by atoms with Gasteiger partial charge in [-0.05, 0) is 0 Å². The fourth-order valence-corrected chi connectivity index (χ4v) is 0.981. The summed E-state index contributed by atoms with van der Waals surface area (Å²) in [6.07, 6.45) is -5.56. The van der Waals surface area contributed by atoms with E-state index in [-0.39, 0.29) is 0 Å². The van der Waals surface area contributed by atoms with E-state index in [1.165, 1.54) is 0 Å². The molecule has 0 bridgehead atoms. The first kappa shape index (κ1) is 12.3. The van der Waals surface area contributed by atoms with Crippen molar-refractivity contribution in [2.45, 2.75) is 6.18 Å². The van der Waals surface area contributed by atoms with Gasteiger partial charge in [-0.1, -0.05) is 0 Å². The number of hydrogen-bond acceptors (Lipinski definition) is 1. The summed E-state index contributed by atoms with van der Waals surface area (Å²) in [6.45, 7) is 0. The molecule has 0 radical (unpaired) electrons. The van der Waals surface area contributed by atoms with Gasteiger partial charge in [-0.3, -0.25) is 0 Å². The minimum atomic E-state index is -5.56. The normalized spacial score (nSPS) is 11.4. The highest BCUT2D eigenvalue weighted by Crippen LogP contribution is 2.36. The Bertz CT molecular complexity index is 483. The van der Waals surface area contributed by atoms with Crippen molar-refractivity contribution in [2.75, 3.05) is 0 Å². The van der Waals surface area contributed by atoms with Crippen molar-refractivity contribution < 1.29 is 30.7 Å². The highest BCUT2D eigenvalue weighted by molar-refractivity contribution is 5.39. The van der Waals surface area contributed by atoms with Gasteiger partial charge in [0.2, 0.25) is 0 Å². The van der Waals surface area contributed by atoms with Crippen LogP contribution < -0.4 is 0 Å². The molecule has 1 aromatic rings. The minimum absolute atomic E-state index is 0.687. The number of halogens is 7. The lowest BCUT2D eigenvalue weighted by molar-refractivity contribution is -0.142. The maximum Gasteiger partial charge on any atom is 0.422 e. The second kappa shape index (κ2) is 3.66. The molecule has 0 heterocycles. The van der Waals surface area contributed by atoms with Crippen LogP contribution in [-0.4, -0.2) is 0 Å². The molecule has 0 N–H and O–H groups in total. The third-order valence-corrected chi connectivity index (χ3v) is 1.66. The van der Waals surface area contributed by atoms with Crippen LogP contribution in [0, 0.1) is 34.6 Å². The standard InChI is InChI=1S/C8F7N/c9-4-2(1-16)5(10)7(12)6(11)3(4)8(13,14)15. The summed E-state index contributed by atoms with van der Waals surface area (Å²) >= 11 is 0. The fourth-order valence-electron chi connectivity index (χ4n) is 0.981. The molecule has 1 nitrogen and oxygen atoms in total. The smallest absolute Gasteiger partial charge is 0.205 e. The number of hydrogen-bond donors (Lipinski definition) is 0. The van der Waals surface area contributed by atoms with Gasteiger partial charge in [0.1, 0.15) is 17.2 Å². The summed E-state index contributed by atoms with van der Waals surface area (Å²) in [5.41, 5.74) is -4.44. The average Bonchev–Trinajstić information content (AvgIpc) is 2.13. The summed E-state index contributed by atoms with van der Waals surface area (Å²) in [6, 6.07) is 0.687. The van der Waals surface area contributed by atoms with E-state index in [0.717, 1.165) is 0 Å². The molecule has 0 saturated heterocycles. The maximum absolute atomic E-state index is 12.9. The van der Waals surface area contributed by atoms with Crippen LogP contribution in [0.3, 0.4) is 0 Å². The quantitative estimate of drug-likeness (QED) is 0.390. The van der Waals surface area contributed by atoms with Gasteiger partial charge in [0, 0.05) is 0 Å². The first-order valence-corrected chi connectivity index (χ1v) is 3.55. The predicted octanol–water partition coefficient (Wildman–Crippen LogP) is 3.13. The summed E-state index contributed by atoms with van der Waals surface area (Å²) in [5, 5.41) is 8.12. The maximum atomic E-state index is 12.9. The zero-order valence-corrected chi connectivity index (χ0v) is 7.09. The molecule has 1 rings (SSSR count). The lowest BCUT2D eigenvalue weighted by atomic mass is 10.1. The molecule has 0 spiro atoms. The van der Waals surface area contributed by atoms with Gasteiger partial charge >= 0.3 is 6.18 Å². The largest absolute Gasteiger partial charge is 0.422 e. The molecule has 86 valence electrons. The molecule has 0 amide bonds. The lowest BCUT2D eigenvalue weighted by Crippen LogP contribution is -2.16. The zero-order chi connectivity index (χ0) is 12.7. The SMILES string of the molecule is N#Cc1c(F)c(F)c(F)c(C(F)(F)F)c1F. The van der Waals surface area contributed by atoms with Gasteiger partial charge in [-0.2, -0.15) is 18.4 Å². The van der Waals surface area contributed by atoms with Crippen molar-refractivity contribution in [3.05, 3.63) is 34.4 Å². The summed E-state index contributed by atoms with van der Waals surface area (Å²) in [7, 11) is 0. The summed E-state index contributed by atoms with van der Waals surface area (Å²) < 4.78 is 86.9. The van der Waals surface area contributed by atoms with E-state index in [9.17, 15) is 30.7 Å². The second-order valence-electron chi connectivity index (χ2n) is 2.62. The van der Waals surface area contributed by atoms with Crippen LogP contribution in [0.2, 0.25) is 0 Å². The fraction of sp³-hybridized carbons (Fsp3) is 0.125. The molecule has 0 aromatic heterocycles. The van der Waals surface area contributed by atoms with Crippen LogP contribution in [0.5, 0.6) is 0 Å². The van der Waals surface area contributed by atoms with E-state index >= 15 is 0 Å². The van der Waals surface area contributed by atoms with Crippen molar-refractivity contribution >= 4 is 0 Å². The molecule has 0 atom stereocenters. The van der Waals surface area contributed by atoms with Crippen molar-refractivity contribution in [3.63, 3.8) is 0 Å². The number of rotatable bonds is 0. The highest BCUT2D eigenvalue weighted by atomic mass is 19.4. The first-order valence-electron chi connectivity index (χ1n) is 3.55. The van der Waals surface area contributed by atoms with Crippen molar-refractivity contribution in [1.29, 1.82) is 5.26 Å². The Balaban J connectivity index is 3.78. The van der Waals surface area contributed by atoms with E-state index in [4.69, 9.17) is 5.26 Å². The molecule has 8 heteroatoms. The summed E-state index contributed by atoms with van der Waals surface area (Å²) in [4.78, 5) is 0. The van der Waals surface area contributed by atoms with E-state index in [1.54, 1.807) is 0 Å². The Kier molecular flexibility index (Phi) is 2.81. The van der Waals surface area contributed by atoms with Gasteiger partial charge < -0.3 is 0 Å². The molecule has 0 aliphatic heterocycles. The van der Waals surface area contributed by atoms with Crippen LogP contribution in [0.1, 0.15) is 11.1 Å². The van der Waals surface area contributed by atoms with Gasteiger partial charge in [-0.15, -0.1) is 0 Å². The van der Waals surface area contributed by atoms with Gasteiger partial charge in [0.05, 0.1) is 0 Å². The number of nitriles is 1. The highest BCUT2D eigenvalue weighted by Gasteiger charge is 2.42. The Morgan fingerprint density at radius 2 is 1.31 bits per heavy atom. The van der Waals surface area contributed by atoms with Gasteiger partial charge in [-0.25, -0.2) is 17.6 Å². The van der Waals surface area contributed by atoms with Crippen LogP contribution in [0.15, 0.2) is 0 Å². The predicted molar refractivity (Wildman–Crippen MR) is 36.0 cm³/mol. The number of nitrogens with zero attached hydrogens (tertiary/aromatic N) is 1. The van der Waals surface area contributed by atoms with Crippen molar-refractivity contribution in [1.82, 2.24) is 0 Å². The Morgan fingerprint density at radius 1 is 0.812 bits per heavy atom. The zero-order valence-electron chi connectivity index (χ0n) is 7.09. The molecular formula is C8F7N. The van der Waals surface area contributed by atoms with Crippen LogP contribution in [0.25, 0.3) is 0 Å². The molecule has 0 fully saturated rings. The molecule has 0 aliphatic carbocycles. The molecule has 1 aromatic carbocycles. The molecule has 0 saturated carbocycles. The molecule has 0 unspecified atom stereocenters. The van der Waals surface area contributed by atoms with E-state index in [1.807, 2.05) is 0 Å². The van der Waals surface area contributed by atoms with Gasteiger partial charge in [0.15, 0.2) is 23.3 Å². The third-order valence-electron chi connectivity index (χ3n) is 1.66. The van der Waals surface area contributed by atoms with Crippen molar-refractivity contribution in [2.24, 2.45) is 0 Å². The summed E-state index contributed by atoms with van der Waals surface area (Å²) in [5.74, 6) is -10.00. The van der Waals surface area contributed by atoms with Gasteiger partial charge in [0.25, 0.3) is 0 Å². The van der Waals surface area contributed by atoms with E-state index < -0.39 is 40.6 Å². The lowest BCUT2D eigenvalue weighted by Gasteiger charge is -2.11. The van der Waals surface area contributed by atoms with Crippen LogP contribution in [0.4, 0.5) is 30.7 Å². The molecular weight excluding hydrogens is 243 g/mol. The first-order chi connectivity index (χ1) is 7.21. The monoisotopic (exact) mass is 243 g/mol. The molecule has 0 aliphatic rings. The molecule has 16 heavy (non-hydrogen) atoms. The van der Waals surface area contributed by atoms with Crippen molar-refractivity contribution in [3.8, 4) is 6.07 Å². The number of benzene rings is 1. The number of alkyl halides is 3. The van der Waals surface area contributed by atoms with Crippen LogP contribution >= 0.6 is 0 Å². The Hall–Kier alpha value is -1.78. The topological polar surface area (TPSA) is 23.8 Å². The Labute approximate surface area is 83.7 Å². The van der Waals surface area contributed by atoms with E-state index in [2.05, 4.69) is 0 Å². The van der Waals surface area contributed by atoms with E-state index in [0.29, 0.717) is 6.07 Å². The van der Waals surface area contributed by atoms with Crippen LogP contribution in [-0.2, 0) is 6.18 Å².